The van der Waals surface area contributed by atoms with E-state index in [-0.39, 0.29) is 5.60 Å². The number of nitrogens with zero attached hydrogens (tertiary/aromatic N) is 1. The molecule has 0 aromatic carbocycles. The summed E-state index contributed by atoms with van der Waals surface area (Å²) in [6.07, 6.45) is 1.23. The van der Waals surface area contributed by atoms with Crippen LogP contribution in [0.5, 0.6) is 0 Å². The van der Waals surface area contributed by atoms with Gasteiger partial charge in [0.05, 0.1) is 5.60 Å². The number of hydrogen-bond acceptors (Lipinski definition) is 3. The van der Waals surface area contributed by atoms with Crippen molar-refractivity contribution in [1.82, 2.24) is 10.2 Å². The normalized spacial score (nSPS) is 28.8. The molecule has 3 heteroatoms. The van der Waals surface area contributed by atoms with E-state index in [4.69, 9.17) is 4.74 Å². The van der Waals surface area contributed by atoms with Crippen molar-refractivity contribution in [3.63, 3.8) is 0 Å². The van der Waals surface area contributed by atoms with Gasteiger partial charge in [-0.2, -0.15) is 0 Å². The molecule has 0 aliphatic carbocycles. The second kappa shape index (κ2) is 6.72. The summed E-state index contributed by atoms with van der Waals surface area (Å²) in [5, 5.41) is 3.58. The van der Waals surface area contributed by atoms with Gasteiger partial charge < -0.3 is 15.0 Å². The molecule has 1 fully saturated rings. The summed E-state index contributed by atoms with van der Waals surface area (Å²) in [7, 11) is 0. The average molecular weight is 242 g/mol. The highest BCUT2D eigenvalue weighted by atomic mass is 16.5. The lowest BCUT2D eigenvalue weighted by molar-refractivity contribution is -0.0376. The lowest BCUT2D eigenvalue weighted by Crippen LogP contribution is -2.47. The molecule has 1 heterocycles. The molecule has 102 valence electrons. The first kappa shape index (κ1) is 14.9. The summed E-state index contributed by atoms with van der Waals surface area (Å²) in [5.74, 6) is 0.718. The lowest BCUT2D eigenvalue weighted by atomic mass is 10.0. The number of rotatable bonds is 4. The Morgan fingerprint density at radius 1 is 1.35 bits per heavy atom. The maximum Gasteiger partial charge on any atom is 0.0752 e. The molecule has 1 N–H and O–H groups in total. The van der Waals surface area contributed by atoms with Crippen LogP contribution >= 0.6 is 0 Å². The van der Waals surface area contributed by atoms with Gasteiger partial charge in [0.2, 0.25) is 0 Å². The molecule has 2 atom stereocenters. The van der Waals surface area contributed by atoms with E-state index < -0.39 is 0 Å². The third-order valence-corrected chi connectivity index (χ3v) is 3.40. The molecule has 3 nitrogen and oxygen atoms in total. The summed E-state index contributed by atoms with van der Waals surface area (Å²) in [6.45, 7) is 16.4. The van der Waals surface area contributed by atoms with Crippen LogP contribution in [0.4, 0.5) is 0 Å². The topological polar surface area (TPSA) is 24.5 Å². The molecule has 1 aliphatic heterocycles. The van der Waals surface area contributed by atoms with Crippen molar-refractivity contribution < 1.29 is 4.74 Å². The fraction of sp³-hybridized carbons (Fsp3) is 1.00. The zero-order valence-electron chi connectivity index (χ0n) is 12.3. The van der Waals surface area contributed by atoms with E-state index in [1.807, 2.05) is 0 Å². The van der Waals surface area contributed by atoms with Crippen LogP contribution in [0.2, 0.25) is 0 Å². The molecule has 1 rings (SSSR count). The highest BCUT2D eigenvalue weighted by molar-refractivity contribution is 4.79. The van der Waals surface area contributed by atoms with Crippen molar-refractivity contribution in [2.24, 2.45) is 5.92 Å². The lowest BCUT2D eigenvalue weighted by Gasteiger charge is -2.36. The number of ether oxygens (including phenoxy) is 1. The van der Waals surface area contributed by atoms with Gasteiger partial charge in [-0.05, 0) is 53.1 Å². The third-order valence-electron chi connectivity index (χ3n) is 3.40. The Kier molecular flexibility index (Phi) is 5.90. The van der Waals surface area contributed by atoms with Gasteiger partial charge in [-0.3, -0.25) is 0 Å². The summed E-state index contributed by atoms with van der Waals surface area (Å²) in [5.41, 5.74) is -0.0235. The third kappa shape index (κ3) is 5.84. The standard InChI is InChI=1S/C14H30N2O/c1-6-17-14(4,5)11-16-8-7-13(3)15-9-12(2)10-16/h12-13,15H,6-11H2,1-5H3. The molecule has 1 saturated heterocycles. The van der Waals surface area contributed by atoms with E-state index in [1.165, 1.54) is 19.5 Å². The zero-order valence-corrected chi connectivity index (χ0v) is 12.3. The first-order valence-electron chi connectivity index (χ1n) is 7.02. The molecule has 0 amide bonds. The van der Waals surface area contributed by atoms with Gasteiger partial charge in [0.25, 0.3) is 0 Å². The highest BCUT2D eigenvalue weighted by Gasteiger charge is 2.24. The second-order valence-electron chi connectivity index (χ2n) is 6.13. The van der Waals surface area contributed by atoms with Gasteiger partial charge in [-0.15, -0.1) is 0 Å². The van der Waals surface area contributed by atoms with E-state index >= 15 is 0 Å². The molecule has 2 unspecified atom stereocenters. The maximum absolute atomic E-state index is 5.81. The van der Waals surface area contributed by atoms with E-state index in [1.54, 1.807) is 0 Å². The van der Waals surface area contributed by atoms with Crippen LogP contribution in [0.15, 0.2) is 0 Å². The Hall–Kier alpha value is -0.120. The van der Waals surface area contributed by atoms with Gasteiger partial charge in [0.1, 0.15) is 0 Å². The molecule has 0 spiro atoms. The minimum atomic E-state index is -0.0235. The number of nitrogens with one attached hydrogen (secondary N) is 1. The van der Waals surface area contributed by atoms with Crippen LogP contribution in [-0.4, -0.2) is 49.3 Å². The number of hydrogen-bond donors (Lipinski definition) is 1. The molecule has 0 radical (unpaired) electrons. The van der Waals surface area contributed by atoms with E-state index in [2.05, 4.69) is 44.8 Å². The highest BCUT2D eigenvalue weighted by Crippen LogP contribution is 2.15. The maximum atomic E-state index is 5.81. The Balaban J connectivity index is 2.49. The first-order chi connectivity index (χ1) is 7.93. The molecule has 1 aliphatic rings. The monoisotopic (exact) mass is 242 g/mol. The van der Waals surface area contributed by atoms with Crippen molar-refractivity contribution in [3.05, 3.63) is 0 Å². The SMILES string of the molecule is CCOC(C)(C)CN1CCC(C)NCC(C)C1. The van der Waals surface area contributed by atoms with Crippen molar-refractivity contribution >= 4 is 0 Å². The summed E-state index contributed by atoms with van der Waals surface area (Å²) in [6, 6.07) is 0.635. The molecule has 17 heavy (non-hydrogen) atoms. The van der Waals surface area contributed by atoms with Crippen LogP contribution in [-0.2, 0) is 4.74 Å². The smallest absolute Gasteiger partial charge is 0.0752 e. The molecule has 0 aromatic rings. The minimum Gasteiger partial charge on any atom is -0.375 e. The minimum absolute atomic E-state index is 0.0235. The summed E-state index contributed by atoms with van der Waals surface area (Å²) < 4.78 is 5.81. The van der Waals surface area contributed by atoms with Crippen molar-refractivity contribution in [3.8, 4) is 0 Å². The van der Waals surface area contributed by atoms with Crippen molar-refractivity contribution in [2.75, 3.05) is 32.8 Å². The zero-order chi connectivity index (χ0) is 12.9. The van der Waals surface area contributed by atoms with E-state index in [9.17, 15) is 0 Å². The van der Waals surface area contributed by atoms with Gasteiger partial charge in [-0.25, -0.2) is 0 Å². The Morgan fingerprint density at radius 3 is 2.71 bits per heavy atom. The van der Waals surface area contributed by atoms with Gasteiger partial charge in [-0.1, -0.05) is 6.92 Å². The average Bonchev–Trinajstić information content (AvgIpc) is 2.20. The van der Waals surface area contributed by atoms with Gasteiger partial charge in [0.15, 0.2) is 0 Å². The molecule has 0 saturated carbocycles. The molecular formula is C14H30N2O. The fourth-order valence-corrected chi connectivity index (χ4v) is 2.60. The quantitative estimate of drug-likeness (QED) is 0.817. The van der Waals surface area contributed by atoms with E-state index in [0.29, 0.717) is 6.04 Å². The Morgan fingerprint density at radius 2 is 2.06 bits per heavy atom. The first-order valence-corrected chi connectivity index (χ1v) is 7.02. The largest absolute Gasteiger partial charge is 0.375 e. The second-order valence-corrected chi connectivity index (χ2v) is 6.13. The summed E-state index contributed by atoms with van der Waals surface area (Å²) >= 11 is 0. The van der Waals surface area contributed by atoms with Crippen LogP contribution in [0.25, 0.3) is 0 Å². The predicted octanol–water partition coefficient (Wildman–Crippen LogP) is 2.12. The van der Waals surface area contributed by atoms with Crippen molar-refractivity contribution in [1.29, 1.82) is 0 Å². The predicted molar refractivity (Wildman–Crippen MR) is 73.4 cm³/mol. The van der Waals surface area contributed by atoms with Crippen LogP contribution in [0.3, 0.4) is 0 Å². The van der Waals surface area contributed by atoms with E-state index in [0.717, 1.165) is 25.6 Å². The Labute approximate surface area is 107 Å². The molecular weight excluding hydrogens is 212 g/mol. The molecule has 0 bridgehead atoms. The molecule has 0 aromatic heterocycles. The van der Waals surface area contributed by atoms with Crippen LogP contribution in [0.1, 0.15) is 41.0 Å². The summed E-state index contributed by atoms with van der Waals surface area (Å²) in [4.78, 5) is 2.57. The van der Waals surface area contributed by atoms with Gasteiger partial charge in [0, 0.05) is 25.7 Å². The van der Waals surface area contributed by atoms with Gasteiger partial charge >= 0.3 is 0 Å². The fourth-order valence-electron chi connectivity index (χ4n) is 2.60. The van der Waals surface area contributed by atoms with Crippen LogP contribution in [0, 0.1) is 5.92 Å². The van der Waals surface area contributed by atoms with Crippen LogP contribution < -0.4 is 5.32 Å². The Bertz CT molecular complexity index is 218. The van der Waals surface area contributed by atoms with Crippen molar-refractivity contribution in [2.45, 2.75) is 52.7 Å².